The number of benzene rings is 3. The molecule has 3 aromatic rings. The molecule has 2 amide bonds. The van der Waals surface area contributed by atoms with Crippen LogP contribution in [0.5, 0.6) is 0 Å². The normalized spacial score (nSPS) is 20.0. The SMILES string of the molecule is O=C(/C=C/c1ccc(Br)cc1)NCC1CCN(CC(c2ccccc2)c2ccccc2)C(=O)C(CCN2CCCCC2)N1. The van der Waals surface area contributed by atoms with E-state index in [1.807, 2.05) is 42.5 Å². The average Bonchev–Trinajstić information content (AvgIpc) is 3.20. The molecule has 2 aliphatic rings. The predicted octanol–water partition coefficient (Wildman–Crippen LogP) is 5.85. The highest BCUT2D eigenvalue weighted by Crippen LogP contribution is 2.27. The molecule has 6 nitrogen and oxygen atoms in total. The Morgan fingerprint density at radius 1 is 0.907 bits per heavy atom. The fraction of sp³-hybridized carbons (Fsp3) is 0.389. The van der Waals surface area contributed by atoms with Gasteiger partial charge in [-0.25, -0.2) is 0 Å². The van der Waals surface area contributed by atoms with Crippen LogP contribution in [0.25, 0.3) is 6.08 Å². The Morgan fingerprint density at radius 2 is 1.56 bits per heavy atom. The van der Waals surface area contributed by atoms with Gasteiger partial charge in [-0.05, 0) is 73.7 Å². The summed E-state index contributed by atoms with van der Waals surface area (Å²) in [6.45, 7) is 4.89. The number of hydrogen-bond acceptors (Lipinski definition) is 4. The van der Waals surface area contributed by atoms with Crippen molar-refractivity contribution in [2.45, 2.75) is 50.1 Å². The third kappa shape index (κ3) is 9.36. The van der Waals surface area contributed by atoms with E-state index < -0.39 is 0 Å². The van der Waals surface area contributed by atoms with E-state index in [9.17, 15) is 9.59 Å². The largest absolute Gasteiger partial charge is 0.351 e. The molecule has 43 heavy (non-hydrogen) atoms. The van der Waals surface area contributed by atoms with Gasteiger partial charge in [0.15, 0.2) is 0 Å². The van der Waals surface area contributed by atoms with Crippen LogP contribution in [0, 0.1) is 0 Å². The van der Waals surface area contributed by atoms with Crippen LogP contribution in [0.2, 0.25) is 0 Å². The summed E-state index contributed by atoms with van der Waals surface area (Å²) in [5.41, 5.74) is 3.39. The quantitative estimate of drug-likeness (QED) is 0.258. The zero-order chi connectivity index (χ0) is 29.9. The first kappa shape index (κ1) is 31.2. The van der Waals surface area contributed by atoms with Gasteiger partial charge in [-0.1, -0.05) is 95.1 Å². The summed E-state index contributed by atoms with van der Waals surface area (Å²) in [7, 11) is 0. The summed E-state index contributed by atoms with van der Waals surface area (Å²) in [6.07, 6.45) is 8.71. The zero-order valence-corrected chi connectivity index (χ0v) is 26.4. The molecule has 2 heterocycles. The number of rotatable bonds is 11. The topological polar surface area (TPSA) is 64.7 Å². The van der Waals surface area contributed by atoms with Gasteiger partial charge in [-0.15, -0.1) is 0 Å². The second kappa shape index (κ2) is 16.0. The lowest BCUT2D eigenvalue weighted by atomic mass is 9.90. The highest BCUT2D eigenvalue weighted by atomic mass is 79.9. The molecule has 0 saturated carbocycles. The zero-order valence-electron chi connectivity index (χ0n) is 24.8. The monoisotopic (exact) mass is 642 g/mol. The molecular formula is C36H43BrN4O2. The van der Waals surface area contributed by atoms with Gasteiger partial charge in [-0.2, -0.15) is 0 Å². The van der Waals surface area contributed by atoms with Crippen molar-refractivity contribution in [3.63, 3.8) is 0 Å². The Hall–Kier alpha value is -3.26. The number of likely N-dealkylation sites (tertiary alicyclic amines) is 1. The Morgan fingerprint density at radius 3 is 2.21 bits per heavy atom. The minimum atomic E-state index is -0.281. The standard InChI is InChI=1S/C36H43BrN4O2/c37-31-17-14-28(15-18-31)16-19-35(42)38-26-32-20-25-41(36(43)34(39-32)21-24-40-22-8-3-9-23-40)27-33(29-10-4-1-5-11-29)30-12-6-2-7-13-30/h1-2,4-7,10-19,32-34,39H,3,8-9,20-27H2,(H,38,42)/b19-16+. The molecule has 2 aliphatic heterocycles. The molecule has 2 saturated heterocycles. The van der Waals surface area contributed by atoms with E-state index in [0.29, 0.717) is 19.6 Å². The van der Waals surface area contributed by atoms with Gasteiger partial charge < -0.3 is 20.4 Å². The molecule has 3 aromatic carbocycles. The molecule has 0 bridgehead atoms. The number of nitrogens with zero attached hydrogens (tertiary/aromatic N) is 2. The highest BCUT2D eigenvalue weighted by Gasteiger charge is 2.33. The van der Waals surface area contributed by atoms with Crippen molar-refractivity contribution < 1.29 is 9.59 Å². The van der Waals surface area contributed by atoms with E-state index in [2.05, 4.69) is 84.9 Å². The molecular weight excluding hydrogens is 600 g/mol. The first-order valence-corrected chi connectivity index (χ1v) is 16.4. The summed E-state index contributed by atoms with van der Waals surface area (Å²) >= 11 is 3.44. The first-order valence-electron chi connectivity index (χ1n) is 15.6. The molecule has 0 aliphatic carbocycles. The van der Waals surface area contributed by atoms with Crippen LogP contribution in [0.15, 0.2) is 95.5 Å². The maximum absolute atomic E-state index is 14.1. The number of nitrogens with one attached hydrogen (secondary N) is 2. The Balaban J connectivity index is 1.28. The summed E-state index contributed by atoms with van der Waals surface area (Å²) < 4.78 is 1.01. The minimum Gasteiger partial charge on any atom is -0.351 e. The van der Waals surface area contributed by atoms with Crippen molar-refractivity contribution >= 4 is 33.8 Å². The Kier molecular flexibility index (Phi) is 11.6. The Bertz CT molecular complexity index is 1290. The van der Waals surface area contributed by atoms with E-state index in [1.165, 1.54) is 30.4 Å². The molecule has 226 valence electrons. The van der Waals surface area contributed by atoms with Crippen LogP contribution in [-0.4, -0.2) is 73.0 Å². The summed E-state index contributed by atoms with van der Waals surface area (Å²) in [5.74, 6) is 0.127. The van der Waals surface area contributed by atoms with E-state index in [0.717, 1.165) is 42.5 Å². The smallest absolute Gasteiger partial charge is 0.244 e. The van der Waals surface area contributed by atoms with Crippen molar-refractivity contribution in [3.05, 3.63) is 112 Å². The highest BCUT2D eigenvalue weighted by molar-refractivity contribution is 9.10. The van der Waals surface area contributed by atoms with Crippen LogP contribution in [0.3, 0.4) is 0 Å². The number of piperidine rings is 1. The van der Waals surface area contributed by atoms with E-state index in [4.69, 9.17) is 0 Å². The van der Waals surface area contributed by atoms with Gasteiger partial charge in [0.25, 0.3) is 0 Å². The van der Waals surface area contributed by atoms with Crippen molar-refractivity contribution in [2.75, 3.05) is 39.3 Å². The van der Waals surface area contributed by atoms with E-state index >= 15 is 0 Å². The molecule has 0 spiro atoms. The van der Waals surface area contributed by atoms with Crippen LogP contribution < -0.4 is 10.6 Å². The lowest BCUT2D eigenvalue weighted by Crippen LogP contribution is -2.50. The number of halogens is 1. The minimum absolute atomic E-state index is 0.0113. The molecule has 2 unspecified atom stereocenters. The second-order valence-corrected chi connectivity index (χ2v) is 12.6. The van der Waals surface area contributed by atoms with Gasteiger partial charge in [0.05, 0.1) is 6.04 Å². The lowest BCUT2D eigenvalue weighted by Gasteiger charge is -2.31. The fourth-order valence-corrected chi connectivity index (χ4v) is 6.41. The number of amides is 2. The van der Waals surface area contributed by atoms with Gasteiger partial charge in [0.2, 0.25) is 11.8 Å². The second-order valence-electron chi connectivity index (χ2n) is 11.7. The average molecular weight is 644 g/mol. The molecule has 7 heteroatoms. The Labute approximate surface area is 264 Å². The lowest BCUT2D eigenvalue weighted by molar-refractivity contribution is -0.133. The van der Waals surface area contributed by atoms with Crippen LogP contribution in [0.4, 0.5) is 0 Å². The van der Waals surface area contributed by atoms with Gasteiger partial charge in [-0.3, -0.25) is 9.59 Å². The molecule has 2 atom stereocenters. The van der Waals surface area contributed by atoms with E-state index in [-0.39, 0.29) is 29.8 Å². The fourth-order valence-electron chi connectivity index (χ4n) is 6.15. The maximum Gasteiger partial charge on any atom is 0.244 e. The third-order valence-corrected chi connectivity index (χ3v) is 9.13. The van der Waals surface area contributed by atoms with Crippen LogP contribution >= 0.6 is 15.9 Å². The summed E-state index contributed by atoms with van der Waals surface area (Å²) in [4.78, 5) is 31.4. The van der Waals surface area contributed by atoms with Gasteiger partial charge >= 0.3 is 0 Å². The van der Waals surface area contributed by atoms with Crippen molar-refractivity contribution in [3.8, 4) is 0 Å². The summed E-state index contributed by atoms with van der Waals surface area (Å²) in [6, 6.07) is 28.6. The van der Waals surface area contributed by atoms with Crippen molar-refractivity contribution in [1.82, 2.24) is 20.4 Å². The molecule has 2 N–H and O–H groups in total. The predicted molar refractivity (Wildman–Crippen MR) is 178 cm³/mol. The molecule has 2 fully saturated rings. The molecule has 0 radical (unpaired) electrons. The number of carbonyl (C=O) groups is 2. The van der Waals surface area contributed by atoms with Gasteiger partial charge in [0, 0.05) is 48.7 Å². The number of carbonyl (C=O) groups excluding carboxylic acids is 2. The molecule has 0 aromatic heterocycles. The summed E-state index contributed by atoms with van der Waals surface area (Å²) in [5, 5.41) is 6.73. The molecule has 5 rings (SSSR count). The van der Waals surface area contributed by atoms with Crippen LogP contribution in [-0.2, 0) is 9.59 Å². The van der Waals surface area contributed by atoms with Crippen LogP contribution in [0.1, 0.15) is 54.7 Å². The third-order valence-electron chi connectivity index (χ3n) is 8.60. The number of hydrogen-bond donors (Lipinski definition) is 2. The van der Waals surface area contributed by atoms with Crippen molar-refractivity contribution in [1.29, 1.82) is 0 Å². The van der Waals surface area contributed by atoms with E-state index in [1.54, 1.807) is 6.08 Å². The first-order chi connectivity index (χ1) is 21.0. The van der Waals surface area contributed by atoms with Crippen molar-refractivity contribution in [2.24, 2.45) is 0 Å². The maximum atomic E-state index is 14.1. The van der Waals surface area contributed by atoms with Gasteiger partial charge in [0.1, 0.15) is 0 Å².